The Morgan fingerprint density at radius 2 is 1.69 bits per heavy atom. The van der Waals surface area contributed by atoms with Crippen LogP contribution in [-0.2, 0) is 29.1 Å². The van der Waals surface area contributed by atoms with Crippen molar-refractivity contribution in [3.63, 3.8) is 0 Å². The average Bonchev–Trinajstić information content (AvgIpc) is 3.09. The highest BCUT2D eigenvalue weighted by Gasteiger charge is 2.49. The molecule has 2 aliphatic rings. The molecule has 51 heavy (non-hydrogen) atoms. The van der Waals surface area contributed by atoms with Crippen LogP contribution in [0.1, 0.15) is 44.5 Å². The van der Waals surface area contributed by atoms with Gasteiger partial charge in [-0.25, -0.2) is 9.59 Å². The van der Waals surface area contributed by atoms with Gasteiger partial charge in [0.25, 0.3) is 0 Å². The van der Waals surface area contributed by atoms with Gasteiger partial charge in [0, 0.05) is 48.9 Å². The summed E-state index contributed by atoms with van der Waals surface area (Å²) < 4.78 is 18.0. The first kappa shape index (κ1) is 35.7. The average molecular weight is 697 g/mol. The molecule has 1 atom stereocenters. The summed E-state index contributed by atoms with van der Waals surface area (Å²) in [5, 5.41) is 12.6. The second-order valence-corrected chi connectivity index (χ2v) is 14.6. The molecule has 3 heterocycles. The van der Waals surface area contributed by atoms with Crippen LogP contribution in [0.5, 0.6) is 11.8 Å². The zero-order chi connectivity index (χ0) is 36.3. The minimum Gasteiger partial charge on any atom is -0.489 e. The Balaban J connectivity index is 1.33. The Morgan fingerprint density at radius 3 is 2.41 bits per heavy atom. The lowest BCUT2D eigenvalue weighted by Crippen LogP contribution is -2.67. The molecule has 1 N–H and O–H groups in total. The summed E-state index contributed by atoms with van der Waals surface area (Å²) in [4.78, 5) is 43.4. The van der Waals surface area contributed by atoms with Crippen molar-refractivity contribution in [2.24, 2.45) is 0 Å². The summed E-state index contributed by atoms with van der Waals surface area (Å²) in [7, 11) is 3.94. The van der Waals surface area contributed by atoms with E-state index in [4.69, 9.17) is 24.2 Å². The van der Waals surface area contributed by atoms with E-state index in [0.29, 0.717) is 51.6 Å². The van der Waals surface area contributed by atoms with Gasteiger partial charge in [-0.2, -0.15) is 9.97 Å². The van der Waals surface area contributed by atoms with Crippen LogP contribution in [0.3, 0.4) is 0 Å². The van der Waals surface area contributed by atoms with Crippen LogP contribution in [0.4, 0.5) is 16.3 Å². The van der Waals surface area contributed by atoms with E-state index >= 15 is 0 Å². The topological polar surface area (TPSA) is 121 Å². The lowest BCUT2D eigenvalue weighted by molar-refractivity contribution is -0.150. The zero-order valence-corrected chi connectivity index (χ0v) is 30.4. The normalized spacial score (nSPS) is 17.7. The minimum atomic E-state index is -1.55. The maximum Gasteiger partial charge on any atom is 0.411 e. The highest BCUT2D eigenvalue weighted by molar-refractivity contribution is 5.96. The number of aromatic nitrogens is 2. The Bertz CT molecular complexity index is 1880. The number of ether oxygens (including phenoxy) is 3. The van der Waals surface area contributed by atoms with Crippen LogP contribution in [-0.4, -0.2) is 102 Å². The number of anilines is 2. The number of nitrogens with zero attached hydrogens (tertiary/aromatic N) is 6. The van der Waals surface area contributed by atoms with Gasteiger partial charge in [0.2, 0.25) is 0 Å². The molecule has 3 aromatic carbocycles. The third-order valence-electron chi connectivity index (χ3n) is 9.26. The van der Waals surface area contributed by atoms with Crippen molar-refractivity contribution in [3.8, 4) is 11.8 Å². The number of carbonyl (C=O) groups is 2. The summed E-state index contributed by atoms with van der Waals surface area (Å²) in [6.45, 7) is 10.1. The third-order valence-corrected chi connectivity index (χ3v) is 9.26. The largest absolute Gasteiger partial charge is 0.489 e. The molecular weight excluding hydrogens is 648 g/mol. The van der Waals surface area contributed by atoms with Crippen molar-refractivity contribution >= 4 is 34.3 Å². The van der Waals surface area contributed by atoms with E-state index in [0.717, 1.165) is 39.0 Å². The standard InChI is InChI=1S/C39H48N6O6/c1-38(2,3)51-37(48)45-19-18-44(26-39(45,4)35(46)47)34-31-16-17-43(24-32(31)40-36(41-34)49-21-20-42(5)6)33-23-29(22-28-14-10-11-15-30(28)33)50-25-27-12-8-7-9-13-27/h7-15,22-23H,16-21,24-26H2,1-6H3,(H,46,47). The van der Waals surface area contributed by atoms with Gasteiger partial charge in [0.1, 0.15) is 30.4 Å². The van der Waals surface area contributed by atoms with Gasteiger partial charge >= 0.3 is 18.1 Å². The molecule has 12 heteroatoms. The first-order chi connectivity index (χ1) is 24.3. The van der Waals surface area contributed by atoms with E-state index in [1.807, 2.05) is 54.2 Å². The second kappa shape index (κ2) is 14.6. The number of carboxylic acids is 1. The van der Waals surface area contributed by atoms with E-state index < -0.39 is 23.2 Å². The number of hydrogen-bond donors (Lipinski definition) is 1. The molecule has 0 radical (unpaired) electrons. The first-order valence-electron chi connectivity index (χ1n) is 17.4. The lowest BCUT2D eigenvalue weighted by Gasteiger charge is -2.47. The molecule has 270 valence electrons. The highest BCUT2D eigenvalue weighted by atomic mass is 16.6. The number of carboxylic acid groups (broad SMARTS) is 1. The number of piperazine rings is 1. The van der Waals surface area contributed by atoms with Crippen LogP contribution in [0.2, 0.25) is 0 Å². The Hall–Kier alpha value is -5.10. The first-order valence-corrected chi connectivity index (χ1v) is 17.4. The van der Waals surface area contributed by atoms with Crippen molar-refractivity contribution in [3.05, 3.63) is 83.6 Å². The molecule has 1 amide bonds. The minimum absolute atomic E-state index is 0.0251. The number of likely N-dealkylation sites (N-methyl/N-ethyl adjacent to an activating group) is 1. The van der Waals surface area contributed by atoms with E-state index in [-0.39, 0.29) is 19.1 Å². The quantitative estimate of drug-likeness (QED) is 0.223. The SMILES string of the molecule is CN(C)CCOc1nc2c(c(N3CCN(C(=O)OC(C)(C)C)C(C)(C(=O)O)C3)n1)CCN(c1cc(OCc3ccccc3)cc3ccccc13)C2. The number of benzene rings is 3. The molecule has 4 aromatic rings. The number of carbonyl (C=O) groups excluding carboxylic acids is 1. The number of hydrogen-bond acceptors (Lipinski definition) is 10. The monoisotopic (exact) mass is 696 g/mol. The summed E-state index contributed by atoms with van der Waals surface area (Å²) >= 11 is 0. The van der Waals surface area contributed by atoms with Crippen molar-refractivity contribution in [1.82, 2.24) is 19.8 Å². The predicted molar refractivity (Wildman–Crippen MR) is 197 cm³/mol. The van der Waals surface area contributed by atoms with E-state index in [2.05, 4.69) is 41.3 Å². The number of aliphatic carboxylic acids is 1. The van der Waals surface area contributed by atoms with Crippen molar-refractivity contribution in [2.45, 2.75) is 58.4 Å². The van der Waals surface area contributed by atoms with Gasteiger partial charge < -0.3 is 34.0 Å². The van der Waals surface area contributed by atoms with E-state index in [1.54, 1.807) is 27.7 Å². The van der Waals surface area contributed by atoms with Crippen LogP contribution in [0.25, 0.3) is 10.8 Å². The fraction of sp³-hybridized carbons (Fsp3) is 0.436. The summed E-state index contributed by atoms with van der Waals surface area (Å²) in [6, 6.07) is 22.8. The molecule has 2 aliphatic heterocycles. The molecule has 0 bridgehead atoms. The Kier molecular flexibility index (Phi) is 10.2. The molecule has 0 spiro atoms. The fourth-order valence-electron chi connectivity index (χ4n) is 6.57. The van der Waals surface area contributed by atoms with Crippen LogP contribution >= 0.6 is 0 Å². The van der Waals surface area contributed by atoms with Crippen LogP contribution < -0.4 is 19.3 Å². The van der Waals surface area contributed by atoms with Gasteiger partial charge in [0.05, 0.1) is 18.8 Å². The summed E-state index contributed by atoms with van der Waals surface area (Å²) in [6.07, 6.45) is -0.0235. The summed E-state index contributed by atoms with van der Waals surface area (Å²) in [5.41, 5.74) is 1.59. The second-order valence-electron chi connectivity index (χ2n) is 14.6. The lowest BCUT2D eigenvalue weighted by atomic mass is 9.95. The van der Waals surface area contributed by atoms with Gasteiger partial charge in [-0.05, 0) is 65.2 Å². The molecule has 1 unspecified atom stereocenters. The Labute approximate surface area is 299 Å². The molecular formula is C39H48N6O6. The molecule has 1 aromatic heterocycles. The maximum absolute atomic E-state index is 13.2. The predicted octanol–water partition coefficient (Wildman–Crippen LogP) is 5.61. The number of fused-ring (bicyclic) bond motifs is 2. The third kappa shape index (κ3) is 8.12. The zero-order valence-electron chi connectivity index (χ0n) is 30.4. The smallest absolute Gasteiger partial charge is 0.411 e. The fourth-order valence-corrected chi connectivity index (χ4v) is 6.57. The molecule has 12 nitrogen and oxygen atoms in total. The van der Waals surface area contributed by atoms with Crippen LogP contribution in [0.15, 0.2) is 66.7 Å². The highest BCUT2D eigenvalue weighted by Crippen LogP contribution is 2.38. The Morgan fingerprint density at radius 1 is 0.941 bits per heavy atom. The summed E-state index contributed by atoms with van der Waals surface area (Å²) in [5.74, 6) is 0.307. The maximum atomic E-state index is 13.2. The van der Waals surface area contributed by atoms with Gasteiger partial charge in [-0.15, -0.1) is 0 Å². The molecule has 6 rings (SSSR count). The number of amides is 1. The molecule has 1 fully saturated rings. The molecule has 1 saturated heterocycles. The van der Waals surface area contributed by atoms with E-state index in [1.165, 1.54) is 4.90 Å². The van der Waals surface area contributed by atoms with Crippen molar-refractivity contribution in [1.29, 1.82) is 0 Å². The van der Waals surface area contributed by atoms with Gasteiger partial charge in [-0.3, -0.25) is 4.90 Å². The number of rotatable bonds is 10. The molecule has 0 aliphatic carbocycles. The van der Waals surface area contributed by atoms with Gasteiger partial charge in [0.15, 0.2) is 5.54 Å². The molecule has 0 saturated carbocycles. The van der Waals surface area contributed by atoms with E-state index in [9.17, 15) is 14.7 Å². The van der Waals surface area contributed by atoms with Crippen molar-refractivity contribution in [2.75, 3.05) is 63.2 Å². The van der Waals surface area contributed by atoms with Crippen molar-refractivity contribution < 1.29 is 28.9 Å². The van der Waals surface area contributed by atoms with Crippen LogP contribution in [0, 0.1) is 0 Å². The van der Waals surface area contributed by atoms with Gasteiger partial charge in [-0.1, -0.05) is 54.6 Å².